The first kappa shape index (κ1) is 22.0. The Morgan fingerprint density at radius 3 is 2.41 bits per heavy atom. The molecule has 2 aromatic carbocycles. The van der Waals surface area contributed by atoms with Crippen LogP contribution in [0, 0.1) is 6.92 Å². The summed E-state index contributed by atoms with van der Waals surface area (Å²) in [6.45, 7) is 9.32. The van der Waals surface area contributed by atoms with E-state index < -0.39 is 0 Å². The second-order valence-electron chi connectivity index (χ2n) is 7.50. The third-order valence-corrected chi connectivity index (χ3v) is 5.80. The number of benzene rings is 2. The lowest BCUT2D eigenvalue weighted by molar-refractivity contribution is 0.0367. The number of morpholine rings is 1. The molecule has 1 fully saturated rings. The largest absolute Gasteiger partial charge is 0.379 e. The number of hydrogen-bond donors (Lipinski definition) is 1. The molecule has 0 radical (unpaired) electrons. The van der Waals surface area contributed by atoms with Crippen molar-refractivity contribution in [3.05, 3.63) is 70.2 Å². The average molecular weight is 432 g/mol. The molecule has 0 saturated carbocycles. The summed E-state index contributed by atoms with van der Waals surface area (Å²) in [5, 5.41) is 4.99. The average Bonchev–Trinajstić information content (AvgIpc) is 2.74. The molecular formula is C23H30ClN3OS. The lowest BCUT2D eigenvalue weighted by Gasteiger charge is -2.29. The van der Waals surface area contributed by atoms with Gasteiger partial charge in [0.25, 0.3) is 0 Å². The maximum absolute atomic E-state index is 6.04. The Bertz CT molecular complexity index is 761. The van der Waals surface area contributed by atoms with E-state index >= 15 is 0 Å². The fourth-order valence-corrected chi connectivity index (χ4v) is 3.72. The van der Waals surface area contributed by atoms with Gasteiger partial charge in [-0.1, -0.05) is 53.6 Å². The fraction of sp³-hybridized carbons (Fsp3) is 0.435. The van der Waals surface area contributed by atoms with Crippen LogP contribution >= 0.6 is 23.8 Å². The molecule has 0 aromatic heterocycles. The van der Waals surface area contributed by atoms with Crippen LogP contribution < -0.4 is 5.32 Å². The highest BCUT2D eigenvalue weighted by molar-refractivity contribution is 7.80. The van der Waals surface area contributed by atoms with E-state index in [0.717, 1.165) is 69.0 Å². The van der Waals surface area contributed by atoms with Crippen molar-refractivity contribution < 1.29 is 4.74 Å². The van der Waals surface area contributed by atoms with Gasteiger partial charge >= 0.3 is 0 Å². The minimum absolute atomic E-state index is 0.736. The Morgan fingerprint density at radius 1 is 1.07 bits per heavy atom. The topological polar surface area (TPSA) is 27.7 Å². The van der Waals surface area contributed by atoms with Gasteiger partial charge in [0.15, 0.2) is 5.11 Å². The smallest absolute Gasteiger partial charge is 0.169 e. The molecule has 2 aromatic rings. The molecule has 0 spiro atoms. The van der Waals surface area contributed by atoms with E-state index in [2.05, 4.69) is 58.4 Å². The summed E-state index contributed by atoms with van der Waals surface area (Å²) in [6, 6.07) is 16.6. The SMILES string of the molecule is Cc1ccc(CNC(=S)N(CCCN2CCOCC2)Cc2ccc(Cl)cc2)cc1. The van der Waals surface area contributed by atoms with Crippen molar-refractivity contribution in [1.82, 2.24) is 15.1 Å². The van der Waals surface area contributed by atoms with Crippen LogP contribution in [0.3, 0.4) is 0 Å². The van der Waals surface area contributed by atoms with Crippen LogP contribution in [0.15, 0.2) is 48.5 Å². The van der Waals surface area contributed by atoms with Crippen LogP contribution in [0.5, 0.6) is 0 Å². The zero-order valence-corrected chi connectivity index (χ0v) is 18.6. The molecule has 1 aliphatic heterocycles. The van der Waals surface area contributed by atoms with Gasteiger partial charge in [0.2, 0.25) is 0 Å². The highest BCUT2D eigenvalue weighted by Crippen LogP contribution is 2.13. The molecule has 1 saturated heterocycles. The quantitative estimate of drug-likeness (QED) is 0.631. The van der Waals surface area contributed by atoms with E-state index in [1.165, 1.54) is 16.7 Å². The standard InChI is InChI=1S/C23H30ClN3OS/c1-19-3-5-20(6-4-19)17-25-23(29)27(18-21-7-9-22(24)10-8-21)12-2-11-26-13-15-28-16-14-26/h3-10H,2,11-18H2,1H3,(H,25,29). The number of nitrogens with zero attached hydrogens (tertiary/aromatic N) is 2. The van der Waals surface area contributed by atoms with E-state index in [1.54, 1.807) is 0 Å². The Kier molecular flexibility index (Phi) is 8.74. The van der Waals surface area contributed by atoms with Gasteiger partial charge in [0.1, 0.15) is 0 Å². The second kappa shape index (κ2) is 11.5. The van der Waals surface area contributed by atoms with Gasteiger partial charge < -0.3 is 15.0 Å². The zero-order chi connectivity index (χ0) is 20.5. The lowest BCUT2D eigenvalue weighted by Crippen LogP contribution is -2.42. The minimum Gasteiger partial charge on any atom is -0.379 e. The third-order valence-electron chi connectivity index (χ3n) is 5.14. The van der Waals surface area contributed by atoms with E-state index in [0.29, 0.717) is 0 Å². The number of ether oxygens (including phenoxy) is 1. The van der Waals surface area contributed by atoms with Crippen LogP contribution in [-0.2, 0) is 17.8 Å². The first-order valence-electron chi connectivity index (χ1n) is 10.2. The van der Waals surface area contributed by atoms with Crippen molar-refractivity contribution in [2.75, 3.05) is 39.4 Å². The molecule has 1 aliphatic rings. The molecule has 0 unspecified atom stereocenters. The molecule has 3 rings (SSSR count). The minimum atomic E-state index is 0.736. The fourth-order valence-electron chi connectivity index (χ4n) is 3.37. The first-order chi connectivity index (χ1) is 14.1. The van der Waals surface area contributed by atoms with Crippen molar-refractivity contribution in [2.24, 2.45) is 0 Å². The number of halogens is 1. The molecule has 156 valence electrons. The number of aryl methyl sites for hydroxylation is 1. The molecule has 29 heavy (non-hydrogen) atoms. The Morgan fingerprint density at radius 2 is 1.72 bits per heavy atom. The molecule has 0 aliphatic carbocycles. The van der Waals surface area contributed by atoms with Gasteiger partial charge in [-0.3, -0.25) is 4.90 Å². The Hall–Kier alpha value is -1.66. The van der Waals surface area contributed by atoms with Crippen LogP contribution in [0.25, 0.3) is 0 Å². The lowest BCUT2D eigenvalue weighted by atomic mass is 10.1. The van der Waals surface area contributed by atoms with E-state index in [4.69, 9.17) is 28.6 Å². The molecule has 0 atom stereocenters. The van der Waals surface area contributed by atoms with Gasteiger partial charge in [0.05, 0.1) is 13.2 Å². The summed E-state index contributed by atoms with van der Waals surface area (Å²) in [5.74, 6) is 0. The molecule has 6 heteroatoms. The summed E-state index contributed by atoms with van der Waals surface area (Å²) in [6.07, 6.45) is 1.07. The van der Waals surface area contributed by atoms with Crippen molar-refractivity contribution >= 4 is 28.9 Å². The Labute approximate surface area is 184 Å². The number of nitrogens with one attached hydrogen (secondary N) is 1. The zero-order valence-electron chi connectivity index (χ0n) is 17.1. The first-order valence-corrected chi connectivity index (χ1v) is 11.0. The normalized spacial score (nSPS) is 14.6. The van der Waals surface area contributed by atoms with Gasteiger partial charge in [-0.15, -0.1) is 0 Å². The molecule has 0 amide bonds. The third kappa shape index (κ3) is 7.59. The molecule has 4 nitrogen and oxygen atoms in total. The highest BCUT2D eigenvalue weighted by atomic mass is 35.5. The van der Waals surface area contributed by atoms with E-state index in [9.17, 15) is 0 Å². The number of rotatable bonds is 8. The molecule has 0 bridgehead atoms. The number of hydrogen-bond acceptors (Lipinski definition) is 3. The van der Waals surface area contributed by atoms with Gasteiger partial charge in [-0.05, 0) is 48.8 Å². The van der Waals surface area contributed by atoms with Crippen LogP contribution in [0.1, 0.15) is 23.1 Å². The second-order valence-corrected chi connectivity index (χ2v) is 8.32. The maximum atomic E-state index is 6.04. The Balaban J connectivity index is 1.56. The van der Waals surface area contributed by atoms with Crippen molar-refractivity contribution in [3.63, 3.8) is 0 Å². The van der Waals surface area contributed by atoms with Gasteiger partial charge in [-0.25, -0.2) is 0 Å². The summed E-state index contributed by atoms with van der Waals surface area (Å²) in [4.78, 5) is 4.72. The predicted octanol–water partition coefficient (Wildman–Crippen LogP) is 4.25. The summed E-state index contributed by atoms with van der Waals surface area (Å²) in [5.41, 5.74) is 3.71. The van der Waals surface area contributed by atoms with E-state index in [1.807, 2.05) is 12.1 Å². The molecule has 1 heterocycles. The van der Waals surface area contributed by atoms with Gasteiger partial charge in [0, 0.05) is 44.3 Å². The molecular weight excluding hydrogens is 402 g/mol. The van der Waals surface area contributed by atoms with Crippen LogP contribution in [0.4, 0.5) is 0 Å². The maximum Gasteiger partial charge on any atom is 0.169 e. The monoisotopic (exact) mass is 431 g/mol. The summed E-state index contributed by atoms with van der Waals surface area (Å²) < 4.78 is 5.44. The van der Waals surface area contributed by atoms with Crippen molar-refractivity contribution in [2.45, 2.75) is 26.4 Å². The number of thiocarbonyl (C=S) groups is 1. The van der Waals surface area contributed by atoms with Gasteiger partial charge in [-0.2, -0.15) is 0 Å². The van der Waals surface area contributed by atoms with Crippen molar-refractivity contribution in [3.8, 4) is 0 Å². The van der Waals surface area contributed by atoms with Crippen molar-refractivity contribution in [1.29, 1.82) is 0 Å². The predicted molar refractivity (Wildman–Crippen MR) is 124 cm³/mol. The highest BCUT2D eigenvalue weighted by Gasteiger charge is 2.13. The summed E-state index contributed by atoms with van der Waals surface area (Å²) in [7, 11) is 0. The van der Waals surface area contributed by atoms with Crippen LogP contribution in [-0.4, -0.2) is 54.3 Å². The molecule has 1 N–H and O–H groups in total. The summed E-state index contributed by atoms with van der Waals surface area (Å²) >= 11 is 11.8. The van der Waals surface area contributed by atoms with Crippen LogP contribution in [0.2, 0.25) is 5.02 Å². The van der Waals surface area contributed by atoms with E-state index in [-0.39, 0.29) is 0 Å².